The van der Waals surface area contributed by atoms with Crippen LogP contribution in [0.1, 0.15) is 38.5 Å². The molecule has 0 saturated carbocycles. The SMILES string of the molecule is O=[C-]CCCCCCC(=O)O.[CH3-].[CH3-].[CH3-].[CH3-].[CH3-].[K+].[K+]. The van der Waals surface area contributed by atoms with E-state index in [0.717, 1.165) is 19.3 Å². The fourth-order valence-corrected chi connectivity index (χ4v) is 0.827. The Morgan fingerprint density at radius 1 is 0.833 bits per heavy atom. The fourth-order valence-electron chi connectivity index (χ4n) is 0.827. The predicted octanol–water partition coefficient (Wildman–Crippen LogP) is -2.22. The van der Waals surface area contributed by atoms with Crippen molar-refractivity contribution in [3.8, 4) is 0 Å². The van der Waals surface area contributed by atoms with Gasteiger partial charge in [0.2, 0.25) is 0 Å². The number of carbonyl (C=O) groups is 1. The van der Waals surface area contributed by atoms with Crippen molar-refractivity contribution >= 4 is 12.3 Å². The van der Waals surface area contributed by atoms with Gasteiger partial charge in [0.05, 0.1) is 0 Å². The summed E-state index contributed by atoms with van der Waals surface area (Å²) in [6.45, 7) is 0. The fraction of sp³-hybridized carbons (Fsp3) is 0.462. The molecule has 0 amide bonds. The molecular formula is C13H28K2O3-4. The van der Waals surface area contributed by atoms with Crippen LogP contribution in [0, 0.1) is 37.1 Å². The summed E-state index contributed by atoms with van der Waals surface area (Å²) < 4.78 is 0. The molecule has 0 aliphatic carbocycles. The zero-order valence-electron chi connectivity index (χ0n) is 13.5. The largest absolute Gasteiger partial charge is 1.00 e. The van der Waals surface area contributed by atoms with E-state index >= 15 is 0 Å². The van der Waals surface area contributed by atoms with Crippen molar-refractivity contribution in [1.29, 1.82) is 0 Å². The quantitative estimate of drug-likeness (QED) is 0.329. The van der Waals surface area contributed by atoms with Gasteiger partial charge < -0.3 is 47.0 Å². The summed E-state index contributed by atoms with van der Waals surface area (Å²) in [6, 6.07) is 0. The summed E-state index contributed by atoms with van der Waals surface area (Å²) in [6.07, 6.45) is 5.90. The molecule has 18 heavy (non-hydrogen) atoms. The van der Waals surface area contributed by atoms with Crippen molar-refractivity contribution in [2.75, 3.05) is 0 Å². The van der Waals surface area contributed by atoms with Crippen LogP contribution in [-0.2, 0) is 9.59 Å². The maximum atomic E-state index is 10.0. The Morgan fingerprint density at radius 2 is 1.22 bits per heavy atom. The Morgan fingerprint density at radius 3 is 1.56 bits per heavy atom. The van der Waals surface area contributed by atoms with Gasteiger partial charge in [-0.3, -0.25) is 11.1 Å². The first-order chi connectivity index (χ1) is 5.27. The van der Waals surface area contributed by atoms with E-state index in [9.17, 15) is 9.59 Å². The van der Waals surface area contributed by atoms with E-state index in [0.29, 0.717) is 12.8 Å². The minimum atomic E-state index is -0.744. The van der Waals surface area contributed by atoms with Crippen molar-refractivity contribution in [3.63, 3.8) is 0 Å². The van der Waals surface area contributed by atoms with Gasteiger partial charge in [0, 0.05) is 6.42 Å². The van der Waals surface area contributed by atoms with Gasteiger partial charge in [0.1, 0.15) is 0 Å². The number of hydrogen-bond donors (Lipinski definition) is 1. The van der Waals surface area contributed by atoms with E-state index < -0.39 is 5.97 Å². The molecule has 0 radical (unpaired) electrons. The maximum absolute atomic E-state index is 10.0. The van der Waals surface area contributed by atoms with Crippen LogP contribution in [-0.4, -0.2) is 17.4 Å². The van der Waals surface area contributed by atoms with Gasteiger partial charge in [-0.1, -0.05) is 19.3 Å². The second kappa shape index (κ2) is 42.7. The minimum Gasteiger partial charge on any atom is -0.542 e. The smallest absolute Gasteiger partial charge is 0.542 e. The Bertz CT molecular complexity index is 131. The van der Waals surface area contributed by atoms with Crippen LogP contribution in [0.4, 0.5) is 0 Å². The second-order valence-electron chi connectivity index (χ2n) is 2.45. The van der Waals surface area contributed by atoms with Gasteiger partial charge >= 0.3 is 109 Å². The molecule has 0 unspecified atom stereocenters. The number of rotatable bonds is 7. The number of carboxylic acids is 1. The second-order valence-corrected chi connectivity index (χ2v) is 2.45. The molecule has 0 rings (SSSR count). The summed E-state index contributed by atoms with van der Waals surface area (Å²) in [5.41, 5.74) is 0. The molecule has 0 aromatic heterocycles. The van der Waals surface area contributed by atoms with Gasteiger partial charge in [-0.15, -0.1) is 0 Å². The Labute approximate surface area is 201 Å². The van der Waals surface area contributed by atoms with Crippen LogP contribution in [0.3, 0.4) is 0 Å². The molecule has 0 bridgehead atoms. The van der Waals surface area contributed by atoms with Gasteiger partial charge in [0.15, 0.2) is 0 Å². The molecular weight excluding hydrogens is 282 g/mol. The monoisotopic (exact) mass is 310 g/mol. The van der Waals surface area contributed by atoms with Crippen LogP contribution in [0.2, 0.25) is 0 Å². The first kappa shape index (κ1) is 49.9. The number of carbonyl (C=O) groups excluding carboxylic acids is 1. The van der Waals surface area contributed by atoms with E-state index in [4.69, 9.17) is 5.11 Å². The average Bonchev–Trinajstić information content (AvgIpc) is 1.96. The van der Waals surface area contributed by atoms with Crippen LogP contribution < -0.4 is 103 Å². The van der Waals surface area contributed by atoms with Crippen molar-refractivity contribution in [3.05, 3.63) is 37.1 Å². The van der Waals surface area contributed by atoms with Crippen LogP contribution >= 0.6 is 0 Å². The molecule has 5 heteroatoms. The normalized spacial score (nSPS) is 5.78. The van der Waals surface area contributed by atoms with Crippen LogP contribution in [0.15, 0.2) is 0 Å². The zero-order valence-corrected chi connectivity index (χ0v) is 19.8. The average molecular weight is 311 g/mol. The predicted molar refractivity (Wildman–Crippen MR) is 73.1 cm³/mol. The Balaban J connectivity index is -0.0000000238. The third-order valence-electron chi connectivity index (χ3n) is 1.42. The first-order valence-corrected chi connectivity index (χ1v) is 3.84. The summed E-state index contributed by atoms with van der Waals surface area (Å²) in [7, 11) is 0. The van der Waals surface area contributed by atoms with E-state index in [1.54, 1.807) is 6.29 Å². The Hall–Kier alpha value is 2.41. The van der Waals surface area contributed by atoms with Gasteiger partial charge in [-0.2, -0.15) is 6.42 Å². The van der Waals surface area contributed by atoms with Gasteiger partial charge in [-0.05, 0) is 6.42 Å². The number of aliphatic carboxylic acids is 1. The Kier molecular flexibility index (Phi) is 118. The molecule has 0 fully saturated rings. The molecule has 0 aliphatic heterocycles. The van der Waals surface area contributed by atoms with Crippen LogP contribution in [0.25, 0.3) is 0 Å². The van der Waals surface area contributed by atoms with Crippen molar-refractivity contribution in [2.45, 2.75) is 38.5 Å². The van der Waals surface area contributed by atoms with Crippen molar-refractivity contribution in [1.82, 2.24) is 0 Å². The molecule has 0 aromatic carbocycles. The summed E-state index contributed by atoms with van der Waals surface area (Å²) in [4.78, 5) is 19.8. The molecule has 1 N–H and O–H groups in total. The number of hydrogen-bond acceptors (Lipinski definition) is 2. The number of unbranched alkanes of at least 4 members (excludes halogenated alkanes) is 4. The first-order valence-electron chi connectivity index (χ1n) is 3.84. The van der Waals surface area contributed by atoms with E-state index in [1.807, 2.05) is 0 Å². The molecule has 0 heterocycles. The third kappa shape index (κ3) is 51.5. The number of carboxylic acid groups (broad SMARTS) is 1. The van der Waals surface area contributed by atoms with Gasteiger partial charge in [-0.25, -0.2) is 0 Å². The maximum Gasteiger partial charge on any atom is 1.00 e. The molecule has 3 nitrogen and oxygen atoms in total. The minimum absolute atomic E-state index is 0. The van der Waals surface area contributed by atoms with Crippen molar-refractivity contribution in [2.24, 2.45) is 0 Å². The van der Waals surface area contributed by atoms with E-state index in [2.05, 4.69) is 0 Å². The molecule has 0 spiro atoms. The van der Waals surface area contributed by atoms with E-state index in [1.165, 1.54) is 0 Å². The van der Waals surface area contributed by atoms with Gasteiger partial charge in [0.25, 0.3) is 0 Å². The molecule has 0 aliphatic rings. The van der Waals surface area contributed by atoms with Crippen molar-refractivity contribution < 1.29 is 117 Å². The third-order valence-corrected chi connectivity index (χ3v) is 1.42. The zero-order chi connectivity index (χ0) is 8.53. The summed E-state index contributed by atoms with van der Waals surface area (Å²) in [5, 5.41) is 8.25. The molecule has 104 valence electrons. The topological polar surface area (TPSA) is 54.4 Å². The summed E-state index contributed by atoms with van der Waals surface area (Å²) in [5.74, 6) is -0.744. The van der Waals surface area contributed by atoms with Crippen LogP contribution in [0.5, 0.6) is 0 Å². The molecule has 0 atom stereocenters. The molecule has 0 saturated heterocycles. The summed E-state index contributed by atoms with van der Waals surface area (Å²) >= 11 is 0. The standard InChI is InChI=1S/C8H13O3.5CH3.2K/c9-7-5-3-1-2-4-6-8(10)11;;;;;;;/h1-6H2,(H,10,11);5*1H3;;/q6*-1;2*+1. The van der Waals surface area contributed by atoms with E-state index in [-0.39, 0.29) is 146 Å². The molecule has 0 aromatic rings.